The molecule has 1 atom stereocenters. The average molecular weight is 499 g/mol. The van der Waals surface area contributed by atoms with Crippen LogP contribution in [-0.2, 0) is 5.60 Å². The van der Waals surface area contributed by atoms with Gasteiger partial charge in [-0.2, -0.15) is 4.98 Å². The molecule has 4 aromatic rings. The van der Waals surface area contributed by atoms with Crippen molar-refractivity contribution < 1.29 is 5.11 Å². The van der Waals surface area contributed by atoms with E-state index in [1.165, 1.54) is 11.4 Å². The van der Waals surface area contributed by atoms with Crippen molar-refractivity contribution in [1.82, 2.24) is 24.4 Å². The summed E-state index contributed by atoms with van der Waals surface area (Å²) < 4.78 is 2.01. The second-order valence-corrected chi connectivity index (χ2v) is 10.9. The van der Waals surface area contributed by atoms with E-state index in [0.29, 0.717) is 17.7 Å². The maximum absolute atomic E-state index is 10.5. The lowest BCUT2D eigenvalue weighted by Crippen LogP contribution is -2.58. The van der Waals surface area contributed by atoms with E-state index < -0.39 is 5.60 Å². The first kappa shape index (κ1) is 23.7. The van der Waals surface area contributed by atoms with Crippen LogP contribution < -0.4 is 15.1 Å². The van der Waals surface area contributed by atoms with E-state index in [9.17, 15) is 5.11 Å². The number of nitrogens with zero attached hydrogens (tertiary/aromatic N) is 7. The lowest BCUT2D eigenvalue weighted by molar-refractivity contribution is 0.0738. The van der Waals surface area contributed by atoms with E-state index in [1.807, 2.05) is 35.9 Å². The van der Waals surface area contributed by atoms with Gasteiger partial charge in [-0.3, -0.25) is 4.57 Å². The monoisotopic (exact) mass is 498 g/mol. The first-order valence-electron chi connectivity index (χ1n) is 12.8. The van der Waals surface area contributed by atoms with Gasteiger partial charge in [0.05, 0.1) is 23.1 Å². The number of nitrogens with one attached hydrogen (secondary N) is 1. The topological polar surface area (TPSA) is 85.6 Å². The van der Waals surface area contributed by atoms with E-state index in [4.69, 9.17) is 9.97 Å². The van der Waals surface area contributed by atoms with E-state index in [2.05, 4.69) is 63.4 Å². The molecule has 37 heavy (non-hydrogen) atoms. The van der Waals surface area contributed by atoms with Crippen molar-refractivity contribution in [3.05, 3.63) is 60.0 Å². The van der Waals surface area contributed by atoms with Crippen LogP contribution in [0.25, 0.3) is 16.9 Å². The minimum absolute atomic E-state index is 0.484. The molecular formula is C28H34N8O. The molecule has 0 aliphatic carbocycles. The molecule has 0 spiro atoms. The van der Waals surface area contributed by atoms with Crippen LogP contribution in [0.4, 0.5) is 23.0 Å². The highest BCUT2D eigenvalue weighted by Gasteiger charge is 2.33. The largest absolute Gasteiger partial charge is 0.384 e. The minimum Gasteiger partial charge on any atom is -0.384 e. The third kappa shape index (κ3) is 4.28. The fraction of sp³-hybridized carbons (Fsp3) is 0.393. The molecule has 5 heterocycles. The zero-order valence-electron chi connectivity index (χ0n) is 22.1. The average Bonchev–Trinajstić information content (AvgIpc) is 3.18. The van der Waals surface area contributed by atoms with Crippen molar-refractivity contribution in [2.45, 2.75) is 32.4 Å². The number of rotatable bonds is 4. The lowest BCUT2D eigenvalue weighted by Gasteiger charge is -2.48. The van der Waals surface area contributed by atoms with Crippen LogP contribution in [0.15, 0.2) is 48.7 Å². The molecule has 2 aliphatic heterocycles. The Balaban J connectivity index is 1.35. The van der Waals surface area contributed by atoms with E-state index in [0.717, 1.165) is 54.4 Å². The SMILES string of the molecule is Cc1cc2cnc(Nc3ccc4c(c3)N3CCN(C)C[C@@H]3CN4C)nc2n1-c1cccc(C(C)(C)O)n1. The molecule has 1 saturated heterocycles. The summed E-state index contributed by atoms with van der Waals surface area (Å²) in [6, 6.07) is 14.7. The summed E-state index contributed by atoms with van der Waals surface area (Å²) in [6.07, 6.45) is 1.84. The van der Waals surface area contributed by atoms with Crippen molar-refractivity contribution >= 4 is 34.0 Å². The third-order valence-electron chi connectivity index (χ3n) is 7.44. The van der Waals surface area contributed by atoms with Gasteiger partial charge in [-0.15, -0.1) is 0 Å². The van der Waals surface area contributed by atoms with Crippen molar-refractivity contribution in [3.63, 3.8) is 0 Å². The Hall–Kier alpha value is -3.69. The standard InChI is InChI=1S/C28H34N8O/c1-18-13-19-15-29-27(32-26(19)36(18)25-8-6-7-24(31-25)28(2,3)37)30-20-9-10-22-23(14-20)35-12-11-33(4)16-21(35)17-34(22)5/h6-10,13-15,21,37H,11-12,16-17H2,1-5H3,(H,29,30,32)/t21-/m1/s1. The van der Waals surface area contributed by atoms with Crippen LogP contribution in [0.1, 0.15) is 25.2 Å². The van der Waals surface area contributed by atoms with Crippen molar-refractivity contribution in [2.24, 2.45) is 0 Å². The van der Waals surface area contributed by atoms with Crippen LogP contribution >= 0.6 is 0 Å². The van der Waals surface area contributed by atoms with E-state index >= 15 is 0 Å². The summed E-state index contributed by atoms with van der Waals surface area (Å²) in [7, 11) is 4.37. The predicted octanol–water partition coefficient (Wildman–Crippen LogP) is 3.67. The van der Waals surface area contributed by atoms with Gasteiger partial charge in [-0.25, -0.2) is 9.97 Å². The zero-order chi connectivity index (χ0) is 25.9. The number of pyridine rings is 1. The number of piperazine rings is 1. The number of aliphatic hydroxyl groups is 1. The van der Waals surface area contributed by atoms with Gasteiger partial charge in [0.1, 0.15) is 11.4 Å². The second-order valence-electron chi connectivity index (χ2n) is 10.9. The summed E-state index contributed by atoms with van der Waals surface area (Å²) in [5.74, 6) is 1.25. The van der Waals surface area contributed by atoms with Crippen LogP contribution in [-0.4, -0.2) is 75.8 Å². The number of aryl methyl sites for hydroxylation is 1. The maximum Gasteiger partial charge on any atom is 0.229 e. The van der Waals surface area contributed by atoms with Crippen LogP contribution in [0.2, 0.25) is 0 Å². The Bertz CT molecular complexity index is 1470. The molecule has 2 N–H and O–H groups in total. The molecule has 192 valence electrons. The number of likely N-dealkylation sites (N-methyl/N-ethyl adjacent to an activating group) is 2. The van der Waals surface area contributed by atoms with Gasteiger partial charge < -0.3 is 25.1 Å². The third-order valence-corrected chi connectivity index (χ3v) is 7.44. The molecule has 0 amide bonds. The Labute approximate surface area is 217 Å². The quantitative estimate of drug-likeness (QED) is 0.441. The summed E-state index contributed by atoms with van der Waals surface area (Å²) in [6.45, 7) is 9.70. The smallest absolute Gasteiger partial charge is 0.229 e. The highest BCUT2D eigenvalue weighted by Crippen LogP contribution is 2.38. The fourth-order valence-electron chi connectivity index (χ4n) is 5.54. The molecular weight excluding hydrogens is 464 g/mol. The molecule has 1 fully saturated rings. The summed E-state index contributed by atoms with van der Waals surface area (Å²) in [4.78, 5) is 21.5. The van der Waals surface area contributed by atoms with Crippen molar-refractivity contribution in [3.8, 4) is 5.82 Å². The van der Waals surface area contributed by atoms with Gasteiger partial charge in [0.15, 0.2) is 5.65 Å². The molecule has 2 aliphatic rings. The molecule has 3 aromatic heterocycles. The number of fused-ring (bicyclic) bond motifs is 4. The van der Waals surface area contributed by atoms with Gasteiger partial charge in [-0.05, 0) is 64.2 Å². The summed E-state index contributed by atoms with van der Waals surface area (Å²) in [5.41, 5.74) is 4.82. The molecule has 0 bridgehead atoms. The maximum atomic E-state index is 10.5. The van der Waals surface area contributed by atoms with Crippen LogP contribution in [0.5, 0.6) is 0 Å². The Morgan fingerprint density at radius 1 is 1.00 bits per heavy atom. The van der Waals surface area contributed by atoms with Crippen LogP contribution in [0.3, 0.4) is 0 Å². The van der Waals surface area contributed by atoms with E-state index in [-0.39, 0.29) is 0 Å². The molecule has 9 heteroatoms. The normalized spacial score (nSPS) is 18.2. The van der Waals surface area contributed by atoms with Crippen molar-refractivity contribution in [1.29, 1.82) is 0 Å². The number of hydrogen-bond acceptors (Lipinski definition) is 8. The molecule has 0 radical (unpaired) electrons. The van der Waals surface area contributed by atoms with Gasteiger partial charge >= 0.3 is 0 Å². The summed E-state index contributed by atoms with van der Waals surface area (Å²) >= 11 is 0. The highest BCUT2D eigenvalue weighted by molar-refractivity contribution is 5.81. The number of hydrogen-bond donors (Lipinski definition) is 2. The Morgan fingerprint density at radius 2 is 1.84 bits per heavy atom. The molecule has 6 rings (SSSR count). The fourth-order valence-corrected chi connectivity index (χ4v) is 5.54. The van der Waals surface area contributed by atoms with Gasteiger partial charge in [0, 0.05) is 56.2 Å². The number of benzene rings is 1. The highest BCUT2D eigenvalue weighted by atomic mass is 16.3. The van der Waals surface area contributed by atoms with Gasteiger partial charge in [0.2, 0.25) is 5.95 Å². The zero-order valence-corrected chi connectivity index (χ0v) is 22.1. The van der Waals surface area contributed by atoms with E-state index in [1.54, 1.807) is 13.8 Å². The number of aromatic nitrogens is 4. The predicted molar refractivity (Wildman–Crippen MR) is 148 cm³/mol. The Morgan fingerprint density at radius 3 is 2.65 bits per heavy atom. The molecule has 9 nitrogen and oxygen atoms in total. The minimum atomic E-state index is -1.03. The summed E-state index contributed by atoms with van der Waals surface area (Å²) in [5, 5.41) is 14.8. The molecule has 0 unspecified atom stereocenters. The van der Waals surface area contributed by atoms with Gasteiger partial charge in [-0.1, -0.05) is 6.07 Å². The van der Waals surface area contributed by atoms with Crippen LogP contribution in [0, 0.1) is 6.92 Å². The Kier molecular flexibility index (Phi) is 5.58. The first-order valence-corrected chi connectivity index (χ1v) is 12.8. The molecule has 0 saturated carbocycles. The van der Waals surface area contributed by atoms with Gasteiger partial charge in [0.25, 0.3) is 0 Å². The lowest BCUT2D eigenvalue weighted by atomic mass is 10.0. The molecule has 1 aromatic carbocycles. The van der Waals surface area contributed by atoms with Crippen molar-refractivity contribution in [2.75, 3.05) is 55.4 Å². The first-order chi connectivity index (χ1) is 17.7. The number of anilines is 4. The second kappa shape index (κ2) is 8.71.